The number of nitro groups is 1. The minimum atomic E-state index is -2.71. The van der Waals surface area contributed by atoms with Crippen molar-refractivity contribution in [2.75, 3.05) is 20.9 Å². The van der Waals surface area contributed by atoms with Crippen molar-refractivity contribution in [1.29, 1.82) is 0 Å². The third-order valence-electron chi connectivity index (χ3n) is 1.91. The average molecular weight is 258 g/mol. The highest BCUT2D eigenvalue weighted by Crippen LogP contribution is 2.34. The minimum absolute atomic E-state index is 0.00152. The van der Waals surface area contributed by atoms with E-state index in [4.69, 9.17) is 13.6 Å². The molecule has 0 saturated heterocycles. The van der Waals surface area contributed by atoms with E-state index in [9.17, 15) is 15.2 Å². The third-order valence-corrected chi connectivity index (χ3v) is 1.91. The molecule has 7 nitrogen and oxygen atoms in total. The molecule has 1 rings (SSSR count). The Kier molecular flexibility index (Phi) is 3.49. The number of phenols is 1. The molecular formula is C11H13NO6. The van der Waals surface area contributed by atoms with Gasteiger partial charge in [-0.15, -0.1) is 0 Å². The standard InChI is InChI=1S/C11H13NO6/c1-16-7-18-11-6-8(17-2)5-10(13)9(11)3-4-12(14)15/h3-6,13H,7H2,1-2H3/b4-3+/i2D3. The Morgan fingerprint density at radius 3 is 3.00 bits per heavy atom. The predicted molar refractivity (Wildman–Crippen MR) is 63.2 cm³/mol. The van der Waals surface area contributed by atoms with Crippen molar-refractivity contribution >= 4 is 6.08 Å². The summed E-state index contributed by atoms with van der Waals surface area (Å²) in [5, 5.41) is 20.2. The van der Waals surface area contributed by atoms with Gasteiger partial charge in [0.05, 0.1) is 21.6 Å². The highest BCUT2D eigenvalue weighted by atomic mass is 16.7. The number of methoxy groups -OCH3 is 2. The van der Waals surface area contributed by atoms with Crippen molar-refractivity contribution in [2.24, 2.45) is 0 Å². The van der Waals surface area contributed by atoms with Gasteiger partial charge in [0, 0.05) is 25.3 Å². The van der Waals surface area contributed by atoms with Crippen LogP contribution in [-0.4, -0.2) is 31.0 Å². The zero-order valence-electron chi connectivity index (χ0n) is 12.5. The van der Waals surface area contributed by atoms with Crippen LogP contribution in [-0.2, 0) is 4.74 Å². The fraction of sp³-hybridized carbons (Fsp3) is 0.273. The van der Waals surface area contributed by atoms with Crippen molar-refractivity contribution in [1.82, 2.24) is 0 Å². The van der Waals surface area contributed by atoms with Gasteiger partial charge >= 0.3 is 0 Å². The Bertz CT molecular complexity index is 543. The molecule has 18 heavy (non-hydrogen) atoms. The van der Waals surface area contributed by atoms with Crippen LogP contribution in [0.15, 0.2) is 18.3 Å². The Labute approximate surface area is 108 Å². The van der Waals surface area contributed by atoms with Gasteiger partial charge in [-0.2, -0.15) is 0 Å². The maximum atomic E-state index is 10.3. The number of aromatic hydroxyl groups is 1. The molecule has 1 aromatic rings. The maximum absolute atomic E-state index is 10.3. The summed E-state index contributed by atoms with van der Waals surface area (Å²) in [5.74, 6) is -0.619. The molecule has 0 aliphatic carbocycles. The molecule has 98 valence electrons. The molecule has 1 aromatic carbocycles. The summed E-state index contributed by atoms with van der Waals surface area (Å²) in [6.45, 7) is -0.198. The van der Waals surface area contributed by atoms with Crippen LogP contribution in [0.5, 0.6) is 17.2 Å². The van der Waals surface area contributed by atoms with Crippen LogP contribution in [0.1, 0.15) is 9.68 Å². The molecule has 0 amide bonds. The van der Waals surface area contributed by atoms with Crippen LogP contribution < -0.4 is 9.47 Å². The first kappa shape index (κ1) is 9.72. The number of hydrogen-bond acceptors (Lipinski definition) is 6. The van der Waals surface area contributed by atoms with Crippen molar-refractivity contribution in [3.63, 3.8) is 0 Å². The van der Waals surface area contributed by atoms with E-state index in [1.165, 1.54) is 13.2 Å². The van der Waals surface area contributed by atoms with Gasteiger partial charge in [-0.25, -0.2) is 0 Å². The van der Waals surface area contributed by atoms with Crippen LogP contribution in [0.3, 0.4) is 0 Å². The van der Waals surface area contributed by atoms with Gasteiger partial charge in [0.25, 0.3) is 0 Å². The lowest BCUT2D eigenvalue weighted by molar-refractivity contribution is -0.400. The Morgan fingerprint density at radius 1 is 1.61 bits per heavy atom. The molecule has 0 fully saturated rings. The quantitative estimate of drug-likeness (QED) is 0.473. The number of nitrogens with zero attached hydrogens (tertiary/aromatic N) is 1. The fourth-order valence-electron chi connectivity index (χ4n) is 1.19. The van der Waals surface area contributed by atoms with E-state index in [1.807, 2.05) is 0 Å². The summed E-state index contributed by atoms with van der Waals surface area (Å²) in [5.41, 5.74) is 0.00152. The van der Waals surface area contributed by atoms with Crippen LogP contribution in [0, 0.1) is 10.1 Å². The highest BCUT2D eigenvalue weighted by molar-refractivity contribution is 5.65. The van der Waals surface area contributed by atoms with Gasteiger partial charge < -0.3 is 19.3 Å². The summed E-state index contributed by atoms with van der Waals surface area (Å²) in [6.07, 6.45) is 1.62. The first-order valence-corrected chi connectivity index (χ1v) is 4.72. The molecule has 0 saturated carbocycles. The molecule has 0 bridgehead atoms. The Hall–Kier alpha value is -2.28. The van der Waals surface area contributed by atoms with Crippen LogP contribution in [0.4, 0.5) is 0 Å². The summed E-state index contributed by atoms with van der Waals surface area (Å²) in [7, 11) is -1.35. The van der Waals surface area contributed by atoms with Crippen molar-refractivity contribution in [2.45, 2.75) is 0 Å². The van der Waals surface area contributed by atoms with Crippen LogP contribution in [0.25, 0.3) is 6.08 Å². The lowest BCUT2D eigenvalue weighted by atomic mass is 10.1. The maximum Gasteiger partial charge on any atom is 0.235 e. The van der Waals surface area contributed by atoms with Crippen molar-refractivity contribution in [3.8, 4) is 17.2 Å². The molecule has 0 aliphatic rings. The second-order valence-electron chi connectivity index (χ2n) is 3.11. The lowest BCUT2D eigenvalue weighted by Gasteiger charge is -2.11. The SMILES string of the molecule is [2H]C([2H])([2H])Oc1cc(O)c(/C=C/[N+](=O)[O-])c(OCOC)c1. The number of ether oxygens (including phenoxy) is 3. The molecule has 0 unspecified atom stereocenters. The second-order valence-corrected chi connectivity index (χ2v) is 3.11. The van der Waals surface area contributed by atoms with E-state index in [1.54, 1.807) is 0 Å². The van der Waals surface area contributed by atoms with Crippen molar-refractivity contribution < 1.29 is 28.4 Å². The van der Waals surface area contributed by atoms with Gasteiger partial charge in [0.15, 0.2) is 6.79 Å². The van der Waals surface area contributed by atoms with E-state index in [2.05, 4.69) is 4.74 Å². The summed E-state index contributed by atoms with van der Waals surface area (Å²) >= 11 is 0. The van der Waals surface area contributed by atoms with E-state index < -0.39 is 17.7 Å². The Balaban J connectivity index is 3.20. The summed E-state index contributed by atoms with van der Waals surface area (Å²) in [6, 6.07) is 2.20. The van der Waals surface area contributed by atoms with E-state index in [0.717, 1.165) is 12.1 Å². The molecule has 0 heterocycles. The number of hydrogen-bond donors (Lipinski definition) is 1. The second kappa shape index (κ2) is 6.45. The van der Waals surface area contributed by atoms with E-state index in [-0.39, 0.29) is 23.9 Å². The molecule has 0 radical (unpaired) electrons. The van der Waals surface area contributed by atoms with Crippen LogP contribution in [0.2, 0.25) is 0 Å². The lowest BCUT2D eigenvalue weighted by Crippen LogP contribution is -2.01. The smallest absolute Gasteiger partial charge is 0.235 e. The minimum Gasteiger partial charge on any atom is -0.507 e. The van der Waals surface area contributed by atoms with Gasteiger partial charge in [-0.05, 0) is 0 Å². The van der Waals surface area contributed by atoms with Gasteiger partial charge in [-0.3, -0.25) is 10.1 Å². The summed E-state index contributed by atoms with van der Waals surface area (Å²) < 4.78 is 35.5. The number of rotatable bonds is 6. The number of benzene rings is 1. The van der Waals surface area contributed by atoms with Gasteiger partial charge in [0.2, 0.25) is 6.20 Å². The normalized spacial score (nSPS) is 13.7. The third kappa shape index (κ3) is 3.63. The van der Waals surface area contributed by atoms with Gasteiger partial charge in [-0.1, -0.05) is 0 Å². The molecule has 0 aromatic heterocycles. The van der Waals surface area contributed by atoms with Gasteiger partial charge in [0.1, 0.15) is 17.2 Å². The van der Waals surface area contributed by atoms with E-state index >= 15 is 0 Å². The molecule has 7 heteroatoms. The molecule has 0 aliphatic heterocycles. The highest BCUT2D eigenvalue weighted by Gasteiger charge is 2.11. The zero-order chi connectivity index (χ0) is 16.0. The number of phenolic OH excluding ortho intramolecular Hbond substituents is 1. The first-order valence-electron chi connectivity index (χ1n) is 6.22. The van der Waals surface area contributed by atoms with Crippen molar-refractivity contribution in [3.05, 3.63) is 34.0 Å². The molecular weight excluding hydrogens is 242 g/mol. The zero-order valence-corrected chi connectivity index (χ0v) is 9.45. The Morgan fingerprint density at radius 2 is 2.39 bits per heavy atom. The predicted octanol–water partition coefficient (Wildman–Crippen LogP) is 1.63. The van der Waals surface area contributed by atoms with E-state index in [0.29, 0.717) is 6.20 Å². The topological polar surface area (TPSA) is 91.1 Å². The molecule has 1 N–H and O–H groups in total. The fourth-order valence-corrected chi connectivity index (χ4v) is 1.19. The molecule has 0 spiro atoms. The monoisotopic (exact) mass is 258 g/mol. The summed E-state index contributed by atoms with van der Waals surface area (Å²) in [4.78, 5) is 9.62. The van der Waals surface area contributed by atoms with Crippen LogP contribution >= 0.6 is 0 Å². The molecule has 0 atom stereocenters. The largest absolute Gasteiger partial charge is 0.507 e. The first-order chi connectivity index (χ1) is 9.73. The average Bonchev–Trinajstić information content (AvgIpc) is 2.32.